The molecular formula is C31H33Cl2NO4. The van der Waals surface area contributed by atoms with E-state index in [4.69, 9.17) is 27.9 Å². The second kappa shape index (κ2) is 11.0. The van der Waals surface area contributed by atoms with Gasteiger partial charge in [-0.05, 0) is 58.9 Å². The van der Waals surface area contributed by atoms with E-state index in [9.17, 15) is 14.7 Å². The van der Waals surface area contributed by atoms with Crippen LogP contribution in [0.3, 0.4) is 0 Å². The Bertz CT molecular complexity index is 1350. The molecule has 0 saturated carbocycles. The molecule has 4 rings (SSSR count). The molecule has 200 valence electrons. The molecule has 1 atom stereocenters. The van der Waals surface area contributed by atoms with E-state index in [-0.39, 0.29) is 24.3 Å². The zero-order chi connectivity index (χ0) is 27.7. The maximum atomic E-state index is 13.6. The number of fused-ring (bicyclic) bond motifs is 1. The van der Waals surface area contributed by atoms with Gasteiger partial charge in [0.15, 0.2) is 0 Å². The Hall–Kier alpha value is -3.02. The Morgan fingerprint density at radius 3 is 2.42 bits per heavy atom. The average Bonchev–Trinajstić information content (AvgIpc) is 3.18. The van der Waals surface area contributed by atoms with Gasteiger partial charge in [0, 0.05) is 31.5 Å². The number of halogens is 2. The first-order valence-corrected chi connectivity index (χ1v) is 13.5. The van der Waals surface area contributed by atoms with Crippen molar-refractivity contribution in [2.75, 3.05) is 6.54 Å². The summed E-state index contributed by atoms with van der Waals surface area (Å²) in [7, 11) is 0. The van der Waals surface area contributed by atoms with Crippen molar-refractivity contribution in [3.05, 3.63) is 98.5 Å². The summed E-state index contributed by atoms with van der Waals surface area (Å²) in [5.74, 6) is -0.416. The number of rotatable bonds is 8. The van der Waals surface area contributed by atoms with Crippen molar-refractivity contribution < 1.29 is 19.4 Å². The molecule has 0 saturated heterocycles. The number of carbonyl (C=O) groups excluding carboxylic acids is 1. The predicted molar refractivity (Wildman–Crippen MR) is 151 cm³/mol. The van der Waals surface area contributed by atoms with Crippen LogP contribution in [0.2, 0.25) is 10.0 Å². The third-order valence-electron chi connectivity index (χ3n) is 6.90. The van der Waals surface area contributed by atoms with Gasteiger partial charge < -0.3 is 14.7 Å². The number of carboxylic acids is 1. The van der Waals surface area contributed by atoms with E-state index in [1.807, 2.05) is 43.3 Å². The summed E-state index contributed by atoms with van der Waals surface area (Å²) in [5.41, 5.74) is 3.99. The molecule has 1 amide bonds. The highest BCUT2D eigenvalue weighted by molar-refractivity contribution is 6.42. The van der Waals surface area contributed by atoms with Crippen molar-refractivity contribution in [3.63, 3.8) is 0 Å². The molecule has 1 unspecified atom stereocenters. The summed E-state index contributed by atoms with van der Waals surface area (Å²) in [6.07, 6.45) is 1.05. The quantitative estimate of drug-likeness (QED) is 0.316. The zero-order valence-corrected chi connectivity index (χ0v) is 23.7. The molecule has 0 fully saturated rings. The van der Waals surface area contributed by atoms with E-state index >= 15 is 0 Å². The molecule has 0 aromatic heterocycles. The maximum absolute atomic E-state index is 13.6. The summed E-state index contributed by atoms with van der Waals surface area (Å²) in [6, 6.07) is 19.1. The summed E-state index contributed by atoms with van der Waals surface area (Å²) in [5, 5.41) is 10.3. The number of ether oxygens (including phenoxy) is 1. The Morgan fingerprint density at radius 1 is 1.05 bits per heavy atom. The fourth-order valence-electron chi connectivity index (χ4n) is 4.84. The fourth-order valence-corrected chi connectivity index (χ4v) is 5.22. The van der Waals surface area contributed by atoms with E-state index in [1.54, 1.807) is 17.0 Å². The van der Waals surface area contributed by atoms with Crippen molar-refractivity contribution in [1.29, 1.82) is 0 Å². The third kappa shape index (κ3) is 6.51. The molecule has 7 heteroatoms. The van der Waals surface area contributed by atoms with Crippen molar-refractivity contribution in [2.45, 2.75) is 64.5 Å². The molecule has 1 N–H and O–H groups in total. The minimum atomic E-state index is -0.941. The topological polar surface area (TPSA) is 66.8 Å². The Labute approximate surface area is 234 Å². The minimum absolute atomic E-state index is 0.0242. The van der Waals surface area contributed by atoms with Crippen LogP contribution in [0.15, 0.2) is 60.7 Å². The molecule has 3 aromatic rings. The van der Waals surface area contributed by atoms with Gasteiger partial charge in [0.1, 0.15) is 11.4 Å². The Morgan fingerprint density at radius 2 is 1.76 bits per heavy atom. The van der Waals surface area contributed by atoms with Gasteiger partial charge in [0.05, 0.1) is 16.5 Å². The van der Waals surface area contributed by atoms with Gasteiger partial charge in [-0.3, -0.25) is 9.59 Å². The molecule has 1 aliphatic heterocycles. The number of hydrogen-bond donors (Lipinski definition) is 1. The SMILES string of the molecule is CC1(Cc2cccc(Cl)c2Cl)Cc2cc(C(=O)N(CCC(=O)O)Cc3ccc(C(C)(C)C)cc3)ccc2O1. The lowest BCUT2D eigenvalue weighted by Gasteiger charge is -2.24. The number of aliphatic carboxylic acids is 1. The lowest BCUT2D eigenvalue weighted by molar-refractivity contribution is -0.137. The Kier molecular flexibility index (Phi) is 8.10. The van der Waals surface area contributed by atoms with Gasteiger partial charge >= 0.3 is 5.97 Å². The number of benzene rings is 3. The van der Waals surface area contributed by atoms with E-state index in [1.165, 1.54) is 5.56 Å². The molecule has 1 heterocycles. The largest absolute Gasteiger partial charge is 0.487 e. The zero-order valence-electron chi connectivity index (χ0n) is 22.2. The van der Waals surface area contributed by atoms with Crippen LogP contribution in [-0.2, 0) is 29.6 Å². The fraction of sp³-hybridized carbons (Fsp3) is 0.355. The molecule has 5 nitrogen and oxygen atoms in total. The average molecular weight is 555 g/mol. The molecule has 38 heavy (non-hydrogen) atoms. The molecular weight excluding hydrogens is 521 g/mol. The summed E-state index contributed by atoms with van der Waals surface area (Å²) >= 11 is 12.6. The molecule has 0 spiro atoms. The lowest BCUT2D eigenvalue weighted by Crippen LogP contribution is -2.33. The molecule has 1 aliphatic rings. The minimum Gasteiger partial charge on any atom is -0.487 e. The summed E-state index contributed by atoms with van der Waals surface area (Å²) in [4.78, 5) is 26.5. The van der Waals surface area contributed by atoms with Gasteiger partial charge in [-0.1, -0.05) is 80.4 Å². The molecule has 3 aromatic carbocycles. The molecule has 0 bridgehead atoms. The van der Waals surface area contributed by atoms with E-state index in [0.29, 0.717) is 35.0 Å². The number of carboxylic acid groups (broad SMARTS) is 1. The van der Waals surface area contributed by atoms with E-state index in [0.717, 1.165) is 22.4 Å². The first-order chi connectivity index (χ1) is 17.8. The van der Waals surface area contributed by atoms with Crippen LogP contribution in [0.1, 0.15) is 66.7 Å². The van der Waals surface area contributed by atoms with Crippen molar-refractivity contribution in [2.24, 2.45) is 0 Å². The summed E-state index contributed by atoms with van der Waals surface area (Å²) in [6.45, 7) is 8.92. The first-order valence-electron chi connectivity index (χ1n) is 12.7. The van der Waals surface area contributed by atoms with Crippen LogP contribution >= 0.6 is 23.2 Å². The van der Waals surface area contributed by atoms with Crippen LogP contribution < -0.4 is 4.74 Å². The van der Waals surface area contributed by atoms with E-state index < -0.39 is 11.6 Å². The molecule has 0 aliphatic carbocycles. The van der Waals surface area contributed by atoms with Gasteiger partial charge in [0.2, 0.25) is 0 Å². The normalized spacial score (nSPS) is 16.6. The second-order valence-electron chi connectivity index (χ2n) is 11.3. The van der Waals surface area contributed by atoms with Crippen molar-refractivity contribution in [1.82, 2.24) is 4.90 Å². The van der Waals surface area contributed by atoms with Gasteiger partial charge in [-0.25, -0.2) is 0 Å². The second-order valence-corrected chi connectivity index (χ2v) is 12.0. The number of amides is 1. The number of carbonyl (C=O) groups is 2. The molecule has 0 radical (unpaired) electrons. The highest BCUT2D eigenvalue weighted by Crippen LogP contribution is 2.39. The van der Waals surface area contributed by atoms with Gasteiger partial charge in [-0.2, -0.15) is 0 Å². The maximum Gasteiger partial charge on any atom is 0.305 e. The first kappa shape index (κ1) is 28.0. The monoisotopic (exact) mass is 553 g/mol. The van der Waals surface area contributed by atoms with Crippen molar-refractivity contribution >= 4 is 35.1 Å². The number of nitrogens with zero attached hydrogens (tertiary/aromatic N) is 1. The standard InChI is InChI=1S/C31H33Cl2NO4/c1-30(2,3)24-11-8-20(9-12-24)19-34(15-14-27(35)36)29(37)21-10-13-26-23(16-21)18-31(4,38-26)17-22-6-5-7-25(32)28(22)33/h5-13,16H,14-15,17-19H2,1-4H3,(H,35,36). The van der Waals surface area contributed by atoms with Crippen LogP contribution in [0.5, 0.6) is 5.75 Å². The Balaban J connectivity index is 1.53. The predicted octanol–water partition coefficient (Wildman–Crippen LogP) is 7.34. The highest BCUT2D eigenvalue weighted by Gasteiger charge is 2.36. The smallest absolute Gasteiger partial charge is 0.305 e. The van der Waals surface area contributed by atoms with Crippen LogP contribution in [0, 0.1) is 0 Å². The number of hydrogen-bond acceptors (Lipinski definition) is 3. The lowest BCUT2D eigenvalue weighted by atomic mass is 9.87. The summed E-state index contributed by atoms with van der Waals surface area (Å²) < 4.78 is 6.30. The van der Waals surface area contributed by atoms with E-state index in [2.05, 4.69) is 32.9 Å². The van der Waals surface area contributed by atoms with Gasteiger partial charge in [-0.15, -0.1) is 0 Å². The van der Waals surface area contributed by atoms with Crippen molar-refractivity contribution in [3.8, 4) is 5.75 Å². The highest BCUT2D eigenvalue weighted by atomic mass is 35.5. The van der Waals surface area contributed by atoms with Crippen LogP contribution in [0.25, 0.3) is 0 Å². The van der Waals surface area contributed by atoms with Crippen LogP contribution in [-0.4, -0.2) is 34.0 Å². The van der Waals surface area contributed by atoms with Crippen LogP contribution in [0.4, 0.5) is 0 Å². The van der Waals surface area contributed by atoms with Gasteiger partial charge in [0.25, 0.3) is 5.91 Å². The third-order valence-corrected chi connectivity index (χ3v) is 7.76.